The number of hydrogen-bond acceptors (Lipinski definition) is 3. The normalized spacial score (nSPS) is 18.0. The highest BCUT2D eigenvalue weighted by atomic mass is 16.4. The van der Waals surface area contributed by atoms with Crippen molar-refractivity contribution in [2.45, 2.75) is 25.3 Å². The zero-order valence-corrected chi connectivity index (χ0v) is 10.9. The highest BCUT2D eigenvalue weighted by molar-refractivity contribution is 5.99. The molecule has 1 atom stereocenters. The largest absolute Gasteiger partial charge is 0.481 e. The first-order valence-electron chi connectivity index (χ1n) is 6.41. The van der Waals surface area contributed by atoms with Crippen LogP contribution < -0.4 is 5.73 Å². The SMILES string of the molecule is NC(=O)c1cccc(C(=O)N2CCCC2CC(=O)O)c1. The summed E-state index contributed by atoms with van der Waals surface area (Å²) in [5.74, 6) is -1.76. The summed E-state index contributed by atoms with van der Waals surface area (Å²) < 4.78 is 0. The number of carbonyl (C=O) groups excluding carboxylic acids is 2. The van der Waals surface area contributed by atoms with Gasteiger partial charge in [0.15, 0.2) is 0 Å². The van der Waals surface area contributed by atoms with Gasteiger partial charge in [-0.2, -0.15) is 0 Å². The first-order chi connectivity index (χ1) is 9.49. The van der Waals surface area contributed by atoms with Crippen LogP contribution in [0.15, 0.2) is 24.3 Å². The van der Waals surface area contributed by atoms with E-state index >= 15 is 0 Å². The van der Waals surface area contributed by atoms with E-state index in [2.05, 4.69) is 0 Å². The standard InChI is InChI=1S/C14H16N2O4/c15-13(19)9-3-1-4-10(7-9)14(20)16-6-2-5-11(16)8-12(17)18/h1,3-4,7,11H,2,5-6,8H2,(H2,15,19)(H,17,18). The van der Waals surface area contributed by atoms with E-state index in [9.17, 15) is 14.4 Å². The van der Waals surface area contributed by atoms with E-state index in [1.54, 1.807) is 17.0 Å². The van der Waals surface area contributed by atoms with Gasteiger partial charge in [-0.1, -0.05) is 6.07 Å². The second-order valence-electron chi connectivity index (χ2n) is 4.84. The monoisotopic (exact) mass is 276 g/mol. The third kappa shape index (κ3) is 2.96. The van der Waals surface area contributed by atoms with E-state index in [0.29, 0.717) is 18.5 Å². The Morgan fingerprint density at radius 3 is 2.65 bits per heavy atom. The summed E-state index contributed by atoms with van der Waals surface area (Å²) in [6, 6.07) is 5.90. The molecule has 1 aromatic carbocycles. The summed E-state index contributed by atoms with van der Waals surface area (Å²) in [4.78, 5) is 35.9. The van der Waals surface area contributed by atoms with E-state index in [1.807, 2.05) is 0 Å². The minimum atomic E-state index is -0.916. The molecule has 0 saturated carbocycles. The predicted molar refractivity (Wildman–Crippen MR) is 71.3 cm³/mol. The van der Waals surface area contributed by atoms with Gasteiger partial charge in [-0.3, -0.25) is 14.4 Å². The molecule has 0 spiro atoms. The lowest BCUT2D eigenvalue weighted by molar-refractivity contribution is -0.137. The number of carboxylic acids is 1. The number of carboxylic acid groups (broad SMARTS) is 1. The smallest absolute Gasteiger partial charge is 0.305 e. The molecule has 20 heavy (non-hydrogen) atoms. The topological polar surface area (TPSA) is 101 Å². The first kappa shape index (κ1) is 14.0. The minimum Gasteiger partial charge on any atom is -0.481 e. The summed E-state index contributed by atoms with van der Waals surface area (Å²) in [5, 5.41) is 8.86. The van der Waals surface area contributed by atoms with Crippen molar-refractivity contribution in [3.8, 4) is 0 Å². The quantitative estimate of drug-likeness (QED) is 0.851. The minimum absolute atomic E-state index is 0.0543. The molecule has 6 heteroatoms. The molecule has 0 radical (unpaired) electrons. The van der Waals surface area contributed by atoms with Crippen LogP contribution in [-0.2, 0) is 4.79 Å². The number of amides is 2. The molecular weight excluding hydrogens is 260 g/mol. The molecule has 0 aromatic heterocycles. The van der Waals surface area contributed by atoms with Crippen molar-refractivity contribution in [2.75, 3.05) is 6.54 Å². The molecular formula is C14H16N2O4. The van der Waals surface area contributed by atoms with Crippen molar-refractivity contribution in [3.63, 3.8) is 0 Å². The molecule has 1 heterocycles. The van der Waals surface area contributed by atoms with Crippen molar-refractivity contribution in [2.24, 2.45) is 5.73 Å². The Balaban J connectivity index is 2.20. The lowest BCUT2D eigenvalue weighted by Gasteiger charge is -2.23. The van der Waals surface area contributed by atoms with Crippen LogP contribution in [0.4, 0.5) is 0 Å². The zero-order valence-electron chi connectivity index (χ0n) is 10.9. The van der Waals surface area contributed by atoms with E-state index in [4.69, 9.17) is 10.8 Å². The molecule has 106 valence electrons. The predicted octanol–water partition coefficient (Wildman–Crippen LogP) is 0.865. The first-order valence-corrected chi connectivity index (χ1v) is 6.41. The molecule has 6 nitrogen and oxygen atoms in total. The third-order valence-electron chi connectivity index (χ3n) is 3.44. The zero-order chi connectivity index (χ0) is 14.7. The van der Waals surface area contributed by atoms with Gasteiger partial charge in [0.25, 0.3) is 5.91 Å². The maximum Gasteiger partial charge on any atom is 0.305 e. The van der Waals surface area contributed by atoms with Crippen LogP contribution in [-0.4, -0.2) is 40.4 Å². The highest BCUT2D eigenvalue weighted by Gasteiger charge is 2.31. The van der Waals surface area contributed by atoms with Crippen molar-refractivity contribution < 1.29 is 19.5 Å². The van der Waals surface area contributed by atoms with Crippen LogP contribution in [0.2, 0.25) is 0 Å². The summed E-state index contributed by atoms with van der Waals surface area (Å²) in [7, 11) is 0. The molecule has 1 unspecified atom stereocenters. The highest BCUT2D eigenvalue weighted by Crippen LogP contribution is 2.22. The Labute approximate surface area is 116 Å². The number of carbonyl (C=O) groups is 3. The van der Waals surface area contributed by atoms with E-state index in [0.717, 1.165) is 6.42 Å². The van der Waals surface area contributed by atoms with E-state index < -0.39 is 11.9 Å². The molecule has 2 amide bonds. The number of rotatable bonds is 4. The number of hydrogen-bond donors (Lipinski definition) is 2. The molecule has 0 aliphatic carbocycles. The second kappa shape index (κ2) is 5.73. The number of aliphatic carboxylic acids is 1. The number of likely N-dealkylation sites (tertiary alicyclic amines) is 1. The van der Waals surface area contributed by atoms with Crippen molar-refractivity contribution in [3.05, 3.63) is 35.4 Å². The second-order valence-corrected chi connectivity index (χ2v) is 4.84. The maximum atomic E-state index is 12.4. The fourth-order valence-corrected chi connectivity index (χ4v) is 2.49. The molecule has 1 aliphatic rings. The summed E-state index contributed by atoms with van der Waals surface area (Å²) >= 11 is 0. The van der Waals surface area contributed by atoms with Crippen LogP contribution in [0.5, 0.6) is 0 Å². The van der Waals surface area contributed by atoms with Crippen molar-refractivity contribution >= 4 is 17.8 Å². The van der Waals surface area contributed by atoms with Crippen LogP contribution in [0.1, 0.15) is 40.0 Å². The molecule has 3 N–H and O–H groups in total. The van der Waals surface area contributed by atoms with Crippen LogP contribution >= 0.6 is 0 Å². The lowest BCUT2D eigenvalue weighted by atomic mass is 10.1. The Bertz CT molecular complexity index is 556. The van der Waals surface area contributed by atoms with Gasteiger partial charge in [-0.05, 0) is 31.0 Å². The van der Waals surface area contributed by atoms with E-state index in [-0.39, 0.29) is 23.9 Å². The van der Waals surface area contributed by atoms with E-state index in [1.165, 1.54) is 12.1 Å². The van der Waals surface area contributed by atoms with Gasteiger partial charge in [-0.15, -0.1) is 0 Å². The van der Waals surface area contributed by atoms with Gasteiger partial charge < -0.3 is 15.7 Å². The van der Waals surface area contributed by atoms with Crippen molar-refractivity contribution in [1.82, 2.24) is 4.90 Å². The molecule has 1 fully saturated rings. The fourth-order valence-electron chi connectivity index (χ4n) is 2.49. The van der Waals surface area contributed by atoms with Crippen LogP contribution in [0.3, 0.4) is 0 Å². The molecule has 2 rings (SSSR count). The number of benzene rings is 1. The van der Waals surface area contributed by atoms with Gasteiger partial charge in [0.2, 0.25) is 5.91 Å². The van der Waals surface area contributed by atoms with Gasteiger partial charge in [-0.25, -0.2) is 0 Å². The average molecular weight is 276 g/mol. The number of nitrogens with two attached hydrogens (primary N) is 1. The lowest BCUT2D eigenvalue weighted by Crippen LogP contribution is -2.36. The Morgan fingerprint density at radius 1 is 1.30 bits per heavy atom. The van der Waals surface area contributed by atoms with Crippen molar-refractivity contribution in [1.29, 1.82) is 0 Å². The molecule has 0 bridgehead atoms. The molecule has 1 saturated heterocycles. The van der Waals surface area contributed by atoms with Crippen LogP contribution in [0, 0.1) is 0 Å². The Morgan fingerprint density at radius 2 is 2.00 bits per heavy atom. The Kier molecular flexibility index (Phi) is 4.02. The van der Waals surface area contributed by atoms with Gasteiger partial charge in [0, 0.05) is 23.7 Å². The van der Waals surface area contributed by atoms with Gasteiger partial charge in [0.05, 0.1) is 6.42 Å². The third-order valence-corrected chi connectivity index (χ3v) is 3.44. The maximum absolute atomic E-state index is 12.4. The van der Waals surface area contributed by atoms with Crippen LogP contribution in [0.25, 0.3) is 0 Å². The number of primary amides is 1. The fraction of sp³-hybridized carbons (Fsp3) is 0.357. The average Bonchev–Trinajstić information content (AvgIpc) is 2.85. The number of nitrogens with zero attached hydrogens (tertiary/aromatic N) is 1. The summed E-state index contributed by atoms with van der Waals surface area (Å²) in [5.41, 5.74) is 5.82. The van der Waals surface area contributed by atoms with Gasteiger partial charge in [0.1, 0.15) is 0 Å². The molecule has 1 aliphatic heterocycles. The summed E-state index contributed by atoms with van der Waals surface area (Å²) in [6.07, 6.45) is 1.42. The molecule has 1 aromatic rings. The summed E-state index contributed by atoms with van der Waals surface area (Å²) in [6.45, 7) is 0.539. The Hall–Kier alpha value is -2.37. The van der Waals surface area contributed by atoms with Gasteiger partial charge >= 0.3 is 5.97 Å².